The predicted molar refractivity (Wildman–Crippen MR) is 387 cm³/mol. The van der Waals surface area contributed by atoms with Crippen LogP contribution in [0.5, 0.6) is 0 Å². The number of hydrogen-bond acceptors (Lipinski definition) is 3. The lowest BCUT2D eigenvalue weighted by Gasteiger charge is -2.19. The van der Waals surface area contributed by atoms with Gasteiger partial charge < -0.3 is 15.5 Å². The van der Waals surface area contributed by atoms with Crippen LogP contribution >= 0.6 is 0 Å². The molecule has 0 aromatic rings. The van der Waals surface area contributed by atoms with E-state index in [1.807, 2.05) is 6.08 Å². The average molecular weight is 1200 g/mol. The van der Waals surface area contributed by atoms with Gasteiger partial charge in [-0.2, -0.15) is 0 Å². The predicted octanol–water partition coefficient (Wildman–Crippen LogP) is 27.4. The van der Waals surface area contributed by atoms with Crippen molar-refractivity contribution in [1.29, 1.82) is 0 Å². The SMILES string of the molecule is CCCCCCC/C=C\C/C=C\CCCCCCCCCCCCCCCCCCCCCCCCCCCCCCCC(=O)NC(CO)C(O)/C=C/CC/C=C/CC/C=C/CCCCCCCCCCCCCCCCCCCCCCCCC. The highest BCUT2D eigenvalue weighted by atomic mass is 16.3. The lowest BCUT2D eigenvalue weighted by Crippen LogP contribution is -2.45. The molecule has 0 fully saturated rings. The van der Waals surface area contributed by atoms with Crippen molar-refractivity contribution in [3.63, 3.8) is 0 Å². The third-order valence-corrected chi connectivity index (χ3v) is 18.5. The van der Waals surface area contributed by atoms with E-state index in [1.54, 1.807) is 6.08 Å². The van der Waals surface area contributed by atoms with E-state index in [9.17, 15) is 15.0 Å². The van der Waals surface area contributed by atoms with Gasteiger partial charge in [0.05, 0.1) is 18.8 Å². The number of carbonyl (C=O) groups is 1. The molecular weight excluding hydrogens is 1050 g/mol. The Bertz CT molecular complexity index is 1410. The van der Waals surface area contributed by atoms with Gasteiger partial charge in [-0.3, -0.25) is 4.79 Å². The number of rotatable bonds is 74. The van der Waals surface area contributed by atoms with Gasteiger partial charge >= 0.3 is 0 Å². The number of unbranched alkanes of at least 4 members (excludes halogenated alkanes) is 59. The number of aliphatic hydroxyl groups excluding tert-OH is 2. The van der Waals surface area contributed by atoms with Gasteiger partial charge in [0.1, 0.15) is 0 Å². The van der Waals surface area contributed by atoms with E-state index in [4.69, 9.17) is 0 Å². The molecule has 0 heterocycles. The lowest BCUT2D eigenvalue weighted by molar-refractivity contribution is -0.123. The van der Waals surface area contributed by atoms with Gasteiger partial charge in [0.2, 0.25) is 5.91 Å². The summed E-state index contributed by atoms with van der Waals surface area (Å²) in [7, 11) is 0. The van der Waals surface area contributed by atoms with Gasteiger partial charge in [-0.15, -0.1) is 0 Å². The summed E-state index contributed by atoms with van der Waals surface area (Å²) in [5, 5.41) is 23.3. The topological polar surface area (TPSA) is 69.6 Å². The summed E-state index contributed by atoms with van der Waals surface area (Å²) >= 11 is 0. The highest BCUT2D eigenvalue weighted by Crippen LogP contribution is 2.20. The van der Waals surface area contributed by atoms with Crippen molar-refractivity contribution in [1.82, 2.24) is 5.32 Å². The molecule has 0 aliphatic rings. The zero-order valence-electron chi connectivity index (χ0n) is 58.6. The van der Waals surface area contributed by atoms with E-state index in [0.29, 0.717) is 6.42 Å². The van der Waals surface area contributed by atoms with Crippen molar-refractivity contribution >= 4 is 5.91 Å². The Morgan fingerprint density at radius 1 is 0.279 bits per heavy atom. The van der Waals surface area contributed by atoms with Crippen molar-refractivity contribution in [2.75, 3.05) is 6.61 Å². The first kappa shape index (κ1) is 84.1. The van der Waals surface area contributed by atoms with Gasteiger partial charge in [-0.25, -0.2) is 0 Å². The maximum absolute atomic E-state index is 12.6. The van der Waals surface area contributed by atoms with Crippen LogP contribution in [0.1, 0.15) is 438 Å². The highest BCUT2D eigenvalue weighted by molar-refractivity contribution is 5.76. The maximum Gasteiger partial charge on any atom is 0.220 e. The highest BCUT2D eigenvalue weighted by Gasteiger charge is 2.18. The minimum atomic E-state index is -0.873. The molecule has 0 aromatic carbocycles. The van der Waals surface area contributed by atoms with E-state index in [0.717, 1.165) is 44.9 Å². The second-order valence-electron chi connectivity index (χ2n) is 27.1. The largest absolute Gasteiger partial charge is 0.394 e. The van der Waals surface area contributed by atoms with Crippen LogP contribution in [0, 0.1) is 0 Å². The number of nitrogens with one attached hydrogen (secondary N) is 1. The van der Waals surface area contributed by atoms with E-state index < -0.39 is 12.1 Å². The van der Waals surface area contributed by atoms with Crippen LogP contribution in [0.2, 0.25) is 0 Å². The quantitative estimate of drug-likeness (QED) is 0.0420. The summed E-state index contributed by atoms with van der Waals surface area (Å²) in [5.74, 6) is -0.0698. The second-order valence-corrected chi connectivity index (χ2v) is 27.1. The molecule has 0 aromatic heterocycles. The molecule has 4 nitrogen and oxygen atoms in total. The van der Waals surface area contributed by atoms with Crippen LogP contribution in [0.25, 0.3) is 0 Å². The van der Waals surface area contributed by atoms with Crippen LogP contribution in [0.15, 0.2) is 60.8 Å². The van der Waals surface area contributed by atoms with Crippen LogP contribution in [-0.4, -0.2) is 34.9 Å². The molecule has 0 radical (unpaired) electrons. The normalized spacial score (nSPS) is 12.9. The van der Waals surface area contributed by atoms with Crippen LogP contribution in [0.3, 0.4) is 0 Å². The standard InChI is InChI=1S/C82H155NO3/c1-3-5-7-9-11-13-15-17-19-21-23-25-27-29-31-33-35-37-38-39-40-41-42-43-44-46-48-50-52-54-56-58-60-62-64-66-68-70-72-74-76-78-82(86)83-80(79-84)81(85)77-75-73-71-69-67-65-63-61-59-57-55-53-51-49-47-45-36-34-32-30-28-26-24-22-20-18-16-14-12-10-8-6-4-2/h15,17,21,23,59,61,67,69,75,77,80-81,84-85H,3-14,16,18-20,22,24-58,60,62-66,68,70-74,76,78-79H2,1-2H3,(H,83,86)/b17-15-,23-21-,61-59+,69-67+,77-75+. The molecule has 2 atom stereocenters. The smallest absolute Gasteiger partial charge is 0.220 e. The van der Waals surface area contributed by atoms with Gasteiger partial charge in [0, 0.05) is 6.42 Å². The minimum absolute atomic E-state index is 0.0698. The molecule has 3 N–H and O–H groups in total. The summed E-state index contributed by atoms with van der Waals surface area (Å²) in [5.41, 5.74) is 0. The molecule has 0 saturated carbocycles. The number of amides is 1. The van der Waals surface area contributed by atoms with Crippen LogP contribution in [-0.2, 0) is 4.79 Å². The number of allylic oxidation sites excluding steroid dienone is 9. The Kier molecular flexibility index (Phi) is 75.6. The Labute approximate surface area is 540 Å². The summed E-state index contributed by atoms with van der Waals surface area (Å²) in [6.45, 7) is 4.33. The molecule has 0 spiro atoms. The summed E-state index contributed by atoms with van der Waals surface area (Å²) < 4.78 is 0. The van der Waals surface area contributed by atoms with Crippen LogP contribution < -0.4 is 5.32 Å². The average Bonchev–Trinajstić information content (AvgIpc) is 3.59. The molecule has 1 amide bonds. The van der Waals surface area contributed by atoms with Crippen molar-refractivity contribution in [2.24, 2.45) is 0 Å². The Hall–Kier alpha value is -1.91. The van der Waals surface area contributed by atoms with Crippen molar-refractivity contribution in [2.45, 2.75) is 450 Å². The molecule has 0 rings (SSSR count). The molecule has 2 unspecified atom stereocenters. The minimum Gasteiger partial charge on any atom is -0.394 e. The maximum atomic E-state index is 12.6. The first-order chi connectivity index (χ1) is 42.7. The van der Waals surface area contributed by atoms with Crippen molar-refractivity contribution in [3.05, 3.63) is 60.8 Å². The monoisotopic (exact) mass is 1200 g/mol. The number of carbonyl (C=O) groups excluding carboxylic acids is 1. The second kappa shape index (κ2) is 77.3. The van der Waals surface area contributed by atoms with E-state index in [1.165, 1.54) is 372 Å². The molecular formula is C82H155NO3. The molecule has 506 valence electrons. The molecule has 0 aliphatic heterocycles. The Balaban J connectivity index is 3.43. The Morgan fingerprint density at radius 2 is 0.488 bits per heavy atom. The van der Waals surface area contributed by atoms with Gasteiger partial charge in [-0.05, 0) is 77.0 Å². The summed E-state index contributed by atoms with van der Waals surface area (Å²) in [6, 6.07) is -0.648. The number of aliphatic hydroxyl groups is 2. The molecule has 0 bridgehead atoms. The fourth-order valence-electron chi connectivity index (χ4n) is 12.5. The van der Waals surface area contributed by atoms with Crippen molar-refractivity contribution < 1.29 is 15.0 Å². The number of hydrogen-bond donors (Lipinski definition) is 3. The zero-order chi connectivity index (χ0) is 61.9. The fourth-order valence-corrected chi connectivity index (χ4v) is 12.5. The summed E-state index contributed by atoms with van der Waals surface area (Å²) in [4.78, 5) is 12.6. The fraction of sp³-hybridized carbons (Fsp3) is 0.866. The zero-order valence-corrected chi connectivity index (χ0v) is 58.6. The molecule has 0 saturated heterocycles. The van der Waals surface area contributed by atoms with Gasteiger partial charge in [0.25, 0.3) is 0 Å². The van der Waals surface area contributed by atoms with E-state index in [2.05, 4.69) is 67.8 Å². The first-order valence-corrected chi connectivity index (χ1v) is 39.5. The summed E-state index contributed by atoms with van der Waals surface area (Å²) in [6.07, 6.45) is 111. The third-order valence-electron chi connectivity index (χ3n) is 18.5. The lowest BCUT2D eigenvalue weighted by atomic mass is 10.0. The van der Waals surface area contributed by atoms with Gasteiger partial charge in [0.15, 0.2) is 0 Å². The first-order valence-electron chi connectivity index (χ1n) is 39.5. The van der Waals surface area contributed by atoms with E-state index in [-0.39, 0.29) is 12.5 Å². The third kappa shape index (κ3) is 72.8. The molecule has 4 heteroatoms. The van der Waals surface area contributed by atoms with Crippen molar-refractivity contribution in [3.8, 4) is 0 Å². The van der Waals surface area contributed by atoms with E-state index >= 15 is 0 Å². The Morgan fingerprint density at radius 3 is 0.744 bits per heavy atom. The van der Waals surface area contributed by atoms with Crippen LogP contribution in [0.4, 0.5) is 0 Å². The molecule has 86 heavy (non-hydrogen) atoms. The van der Waals surface area contributed by atoms with Gasteiger partial charge in [-0.1, -0.05) is 415 Å². The molecule has 0 aliphatic carbocycles.